The van der Waals surface area contributed by atoms with Crippen molar-refractivity contribution in [3.63, 3.8) is 0 Å². The Hall–Kier alpha value is -2.26. The molecule has 0 unspecified atom stereocenters. The zero-order chi connectivity index (χ0) is 20.1. The number of fused-ring (bicyclic) bond motifs is 3. The molecule has 0 bridgehead atoms. The van der Waals surface area contributed by atoms with E-state index in [1.807, 2.05) is 19.9 Å². The Morgan fingerprint density at radius 2 is 2.29 bits per heavy atom. The average molecular weight is 404 g/mol. The smallest absolute Gasteiger partial charge is 0.291 e. The summed E-state index contributed by atoms with van der Waals surface area (Å²) in [6, 6.07) is 1.73. The van der Waals surface area contributed by atoms with Crippen LogP contribution in [-0.4, -0.2) is 41.8 Å². The molecular weight excluding hydrogens is 378 g/mol. The number of aliphatic hydroxyl groups is 1. The van der Waals surface area contributed by atoms with Gasteiger partial charge in [-0.1, -0.05) is 13.8 Å². The molecule has 0 aromatic carbocycles. The molecular formula is C19H25N5O3S. The van der Waals surface area contributed by atoms with Crippen LogP contribution in [0.4, 0.5) is 0 Å². The molecule has 1 aliphatic carbocycles. The van der Waals surface area contributed by atoms with Gasteiger partial charge in [0.2, 0.25) is 5.91 Å². The summed E-state index contributed by atoms with van der Waals surface area (Å²) >= 11 is 1.47. The number of aromatic nitrogens is 4. The molecule has 4 rings (SSSR count). The minimum absolute atomic E-state index is 0.0585. The van der Waals surface area contributed by atoms with E-state index in [1.165, 1.54) is 16.0 Å². The van der Waals surface area contributed by atoms with Gasteiger partial charge in [-0.3, -0.25) is 14.0 Å². The monoisotopic (exact) mass is 403 g/mol. The van der Waals surface area contributed by atoms with Crippen molar-refractivity contribution in [1.82, 2.24) is 24.5 Å². The molecule has 3 aromatic heterocycles. The maximum absolute atomic E-state index is 12.9. The highest BCUT2D eigenvalue weighted by atomic mass is 32.1. The van der Waals surface area contributed by atoms with E-state index in [0.29, 0.717) is 17.8 Å². The lowest BCUT2D eigenvalue weighted by Crippen LogP contribution is -2.46. The summed E-state index contributed by atoms with van der Waals surface area (Å²) in [5.41, 5.74) is 1.91. The van der Waals surface area contributed by atoms with Crippen LogP contribution in [0.15, 0.2) is 16.4 Å². The Labute approximate surface area is 166 Å². The van der Waals surface area contributed by atoms with E-state index in [-0.39, 0.29) is 30.0 Å². The molecule has 0 saturated heterocycles. The summed E-state index contributed by atoms with van der Waals surface area (Å²) in [5.74, 6) is 0.495. The molecule has 3 aromatic rings. The summed E-state index contributed by atoms with van der Waals surface area (Å²) in [7, 11) is 0. The highest BCUT2D eigenvalue weighted by Gasteiger charge is 2.30. The summed E-state index contributed by atoms with van der Waals surface area (Å²) in [4.78, 5) is 29.9. The summed E-state index contributed by atoms with van der Waals surface area (Å²) < 4.78 is 3.96. The summed E-state index contributed by atoms with van der Waals surface area (Å²) in [5, 5.41) is 17.7. The molecule has 2 atom stereocenters. The van der Waals surface area contributed by atoms with Crippen molar-refractivity contribution in [2.24, 2.45) is 0 Å². The van der Waals surface area contributed by atoms with E-state index in [4.69, 9.17) is 0 Å². The quantitative estimate of drug-likeness (QED) is 0.694. The lowest BCUT2D eigenvalue weighted by Gasteiger charge is -2.34. The van der Waals surface area contributed by atoms with Gasteiger partial charge < -0.3 is 10.4 Å². The lowest BCUT2D eigenvalue weighted by atomic mass is 9.83. The van der Waals surface area contributed by atoms with E-state index in [2.05, 4.69) is 15.4 Å². The van der Waals surface area contributed by atoms with Crippen molar-refractivity contribution >= 4 is 33.1 Å². The number of amides is 1. The second-order valence-electron chi connectivity index (χ2n) is 8.24. The maximum Gasteiger partial charge on any atom is 0.291 e. The van der Waals surface area contributed by atoms with Gasteiger partial charge in [0, 0.05) is 12.0 Å². The third-order valence-electron chi connectivity index (χ3n) is 5.33. The van der Waals surface area contributed by atoms with Crippen molar-refractivity contribution < 1.29 is 9.90 Å². The lowest BCUT2D eigenvalue weighted by molar-refractivity contribution is -0.123. The molecule has 1 saturated carbocycles. The van der Waals surface area contributed by atoms with Crippen molar-refractivity contribution in [3.05, 3.63) is 27.8 Å². The van der Waals surface area contributed by atoms with Gasteiger partial charge in [-0.05, 0) is 38.7 Å². The first-order valence-electron chi connectivity index (χ1n) is 9.62. The first-order chi connectivity index (χ1) is 13.2. The number of thiazole rings is 1. The van der Waals surface area contributed by atoms with Crippen LogP contribution in [0.3, 0.4) is 0 Å². The minimum atomic E-state index is -0.750. The molecule has 0 spiro atoms. The second-order valence-corrected chi connectivity index (χ2v) is 9.12. The van der Waals surface area contributed by atoms with Crippen LogP contribution in [-0.2, 0) is 11.3 Å². The average Bonchev–Trinajstić information content (AvgIpc) is 3.17. The Balaban J connectivity index is 1.64. The summed E-state index contributed by atoms with van der Waals surface area (Å²) in [6.07, 6.45) is 2.97. The number of nitrogens with zero attached hydrogens (tertiary/aromatic N) is 4. The van der Waals surface area contributed by atoms with Gasteiger partial charge in [-0.25, -0.2) is 9.67 Å². The van der Waals surface area contributed by atoms with Gasteiger partial charge in [0.1, 0.15) is 17.9 Å². The Morgan fingerprint density at radius 3 is 3.00 bits per heavy atom. The van der Waals surface area contributed by atoms with E-state index in [1.54, 1.807) is 16.8 Å². The van der Waals surface area contributed by atoms with Crippen LogP contribution in [0.2, 0.25) is 0 Å². The van der Waals surface area contributed by atoms with Gasteiger partial charge in [-0.2, -0.15) is 5.10 Å². The van der Waals surface area contributed by atoms with Gasteiger partial charge >= 0.3 is 0 Å². The number of carbonyl (C=O) groups is 1. The van der Waals surface area contributed by atoms with Crippen LogP contribution < -0.4 is 10.9 Å². The molecule has 9 heteroatoms. The van der Waals surface area contributed by atoms with Crippen molar-refractivity contribution in [2.75, 3.05) is 0 Å². The fourth-order valence-corrected chi connectivity index (χ4v) is 4.73. The largest absolute Gasteiger partial charge is 0.390 e. The fourth-order valence-electron chi connectivity index (χ4n) is 4.03. The van der Waals surface area contributed by atoms with Gasteiger partial charge in [-0.15, -0.1) is 11.3 Å². The molecule has 1 fully saturated rings. The van der Waals surface area contributed by atoms with Crippen molar-refractivity contribution in [1.29, 1.82) is 0 Å². The highest BCUT2D eigenvalue weighted by molar-refractivity contribution is 7.16. The summed E-state index contributed by atoms with van der Waals surface area (Å²) in [6.45, 7) is 5.66. The number of hydrogen-bond donors (Lipinski definition) is 2. The van der Waals surface area contributed by atoms with E-state index in [0.717, 1.165) is 29.6 Å². The minimum Gasteiger partial charge on any atom is -0.390 e. The fraction of sp³-hybridized carbons (Fsp3) is 0.579. The Kier molecular flexibility index (Phi) is 4.75. The topological polar surface area (TPSA) is 102 Å². The molecule has 8 nitrogen and oxygen atoms in total. The SMILES string of the molecule is CC(C)c1nn(CC(=O)N[C@@H]2CCC[C@@](C)(O)C2)c(=O)c2cc3scnc3n12. The van der Waals surface area contributed by atoms with E-state index >= 15 is 0 Å². The third kappa shape index (κ3) is 3.44. The van der Waals surface area contributed by atoms with Crippen LogP contribution in [0.5, 0.6) is 0 Å². The van der Waals surface area contributed by atoms with Gasteiger partial charge in [0.25, 0.3) is 5.56 Å². The second kappa shape index (κ2) is 6.97. The Morgan fingerprint density at radius 1 is 1.50 bits per heavy atom. The first kappa shape index (κ1) is 19.1. The van der Waals surface area contributed by atoms with Gasteiger partial charge in [0.15, 0.2) is 5.65 Å². The molecule has 150 valence electrons. The van der Waals surface area contributed by atoms with E-state index in [9.17, 15) is 14.7 Å². The predicted molar refractivity (Wildman–Crippen MR) is 108 cm³/mol. The molecule has 3 heterocycles. The van der Waals surface area contributed by atoms with Crippen molar-refractivity contribution in [2.45, 2.75) is 70.6 Å². The van der Waals surface area contributed by atoms with Crippen LogP contribution >= 0.6 is 11.3 Å². The molecule has 0 radical (unpaired) electrons. The van der Waals surface area contributed by atoms with Gasteiger partial charge in [0.05, 0.1) is 15.8 Å². The predicted octanol–water partition coefficient (Wildman–Crippen LogP) is 2.04. The zero-order valence-electron chi connectivity index (χ0n) is 16.3. The molecule has 0 aliphatic heterocycles. The molecule has 1 aliphatic rings. The van der Waals surface area contributed by atoms with Crippen molar-refractivity contribution in [3.8, 4) is 0 Å². The van der Waals surface area contributed by atoms with Crippen LogP contribution in [0, 0.1) is 0 Å². The van der Waals surface area contributed by atoms with E-state index < -0.39 is 5.60 Å². The molecule has 2 N–H and O–H groups in total. The van der Waals surface area contributed by atoms with Crippen LogP contribution in [0.25, 0.3) is 15.9 Å². The maximum atomic E-state index is 12.9. The standard InChI is InChI=1S/C19H25N5O3S/c1-11(2)16-22-23(9-15(25)21-12-5-4-6-19(3,27)8-12)18(26)13-7-14-17(24(13)16)20-10-28-14/h7,10-12,27H,4-6,8-9H2,1-3H3,(H,21,25)/t12-,19-/m1/s1. The molecule has 1 amide bonds. The zero-order valence-corrected chi connectivity index (χ0v) is 17.1. The normalized spacial score (nSPS) is 23.0. The van der Waals surface area contributed by atoms with Crippen LogP contribution in [0.1, 0.15) is 58.2 Å². The highest BCUT2D eigenvalue weighted by Crippen LogP contribution is 2.28. The number of rotatable bonds is 4. The first-order valence-corrected chi connectivity index (χ1v) is 10.5. The number of nitrogens with one attached hydrogen (secondary N) is 1. The molecule has 28 heavy (non-hydrogen) atoms. The number of carbonyl (C=O) groups excluding carboxylic acids is 1. The number of hydrogen-bond acceptors (Lipinski definition) is 6. The third-order valence-corrected chi connectivity index (χ3v) is 6.10. The Bertz CT molecular complexity index is 1090.